The van der Waals surface area contributed by atoms with E-state index in [1.807, 2.05) is 0 Å². The van der Waals surface area contributed by atoms with E-state index in [-0.39, 0.29) is 38.7 Å². The third kappa shape index (κ3) is 3.84. The molecule has 3 rings (SSSR count). The Morgan fingerprint density at radius 2 is 2.00 bits per heavy atom. The molecule has 2 aromatic rings. The van der Waals surface area contributed by atoms with Gasteiger partial charge in [-0.05, 0) is 12.1 Å². The molecule has 1 aromatic heterocycles. The van der Waals surface area contributed by atoms with E-state index in [1.54, 1.807) is 0 Å². The zero-order chi connectivity index (χ0) is 19.7. The number of carboxylic acids is 1. The van der Waals surface area contributed by atoms with Crippen LogP contribution < -0.4 is 5.32 Å². The summed E-state index contributed by atoms with van der Waals surface area (Å²) in [4.78, 5) is 19.7. The van der Waals surface area contributed by atoms with Crippen molar-refractivity contribution in [1.29, 1.82) is 0 Å². The summed E-state index contributed by atoms with van der Waals surface area (Å²) in [6.07, 6.45) is 0.812. The first-order valence-electron chi connectivity index (χ1n) is 7.45. The molecular formula is C17H10BrClF3N3O2. The Labute approximate surface area is 164 Å². The number of hydrogen-bond donors (Lipinski definition) is 2. The van der Waals surface area contributed by atoms with Gasteiger partial charge in [-0.1, -0.05) is 33.6 Å². The molecule has 1 aliphatic rings. The fraction of sp³-hybridized carbons (Fsp3) is 0.118. The number of carboxylic acid groups (broad SMARTS) is 1. The van der Waals surface area contributed by atoms with Crippen LogP contribution in [-0.2, 0) is 4.79 Å². The van der Waals surface area contributed by atoms with Crippen LogP contribution in [0, 0.1) is 17.5 Å². The fourth-order valence-corrected chi connectivity index (χ4v) is 3.32. The molecule has 140 valence electrons. The molecule has 1 aliphatic heterocycles. The molecule has 0 spiro atoms. The zero-order valence-corrected chi connectivity index (χ0v) is 15.7. The van der Waals surface area contributed by atoms with E-state index in [1.165, 1.54) is 6.07 Å². The SMILES string of the molecule is O=C(O)C1=C(CBr)NC(c2ncc(F)cc2F)=N[C@H]1c1ccc(F)cc1Cl. The molecule has 0 amide bonds. The van der Waals surface area contributed by atoms with Crippen LogP contribution in [0.1, 0.15) is 17.3 Å². The lowest BCUT2D eigenvalue weighted by Crippen LogP contribution is -2.35. The molecule has 1 atom stereocenters. The van der Waals surface area contributed by atoms with Gasteiger partial charge in [0.05, 0.1) is 11.8 Å². The molecule has 2 N–H and O–H groups in total. The molecule has 0 radical (unpaired) electrons. The van der Waals surface area contributed by atoms with Crippen LogP contribution in [0.15, 0.2) is 46.7 Å². The number of halogens is 5. The van der Waals surface area contributed by atoms with Crippen molar-refractivity contribution in [2.24, 2.45) is 4.99 Å². The second-order valence-electron chi connectivity index (χ2n) is 5.49. The van der Waals surface area contributed by atoms with E-state index in [0.29, 0.717) is 6.07 Å². The van der Waals surface area contributed by atoms with E-state index in [9.17, 15) is 23.1 Å². The molecular weight excluding hydrogens is 451 g/mol. The van der Waals surface area contributed by atoms with Crippen molar-refractivity contribution in [3.8, 4) is 0 Å². The molecule has 5 nitrogen and oxygen atoms in total. The Morgan fingerprint density at radius 1 is 1.26 bits per heavy atom. The third-order valence-electron chi connectivity index (χ3n) is 3.78. The van der Waals surface area contributed by atoms with Gasteiger partial charge in [0.2, 0.25) is 0 Å². The Morgan fingerprint density at radius 3 is 2.59 bits per heavy atom. The van der Waals surface area contributed by atoms with Crippen molar-refractivity contribution in [3.05, 3.63) is 75.5 Å². The van der Waals surface area contributed by atoms with E-state index in [4.69, 9.17) is 11.6 Å². The number of hydrogen-bond acceptors (Lipinski definition) is 4. The maximum Gasteiger partial charge on any atom is 0.335 e. The average Bonchev–Trinajstić information content (AvgIpc) is 2.60. The number of allylic oxidation sites excluding steroid dienone is 1. The van der Waals surface area contributed by atoms with E-state index >= 15 is 0 Å². The van der Waals surface area contributed by atoms with Crippen LogP contribution in [0.4, 0.5) is 13.2 Å². The van der Waals surface area contributed by atoms with Crippen LogP contribution in [0.3, 0.4) is 0 Å². The number of carbonyl (C=O) groups is 1. The highest BCUT2D eigenvalue weighted by molar-refractivity contribution is 9.09. The first kappa shape index (κ1) is 19.4. The predicted molar refractivity (Wildman–Crippen MR) is 96.4 cm³/mol. The van der Waals surface area contributed by atoms with Crippen LogP contribution in [0.2, 0.25) is 5.02 Å². The van der Waals surface area contributed by atoms with Crippen LogP contribution >= 0.6 is 27.5 Å². The molecule has 0 aliphatic carbocycles. The summed E-state index contributed by atoms with van der Waals surface area (Å²) in [6.45, 7) is 0. The molecule has 0 bridgehead atoms. The smallest absolute Gasteiger partial charge is 0.335 e. The van der Waals surface area contributed by atoms with Gasteiger partial charge in [-0.15, -0.1) is 0 Å². The molecule has 2 heterocycles. The minimum absolute atomic E-state index is 0.0368. The summed E-state index contributed by atoms with van der Waals surface area (Å²) >= 11 is 9.25. The molecule has 0 saturated carbocycles. The van der Waals surface area contributed by atoms with E-state index in [2.05, 4.69) is 31.2 Å². The van der Waals surface area contributed by atoms with E-state index in [0.717, 1.165) is 18.3 Å². The summed E-state index contributed by atoms with van der Waals surface area (Å²) in [5, 5.41) is 12.4. The minimum atomic E-state index is -1.28. The van der Waals surface area contributed by atoms with Crippen molar-refractivity contribution >= 4 is 39.3 Å². The third-order valence-corrected chi connectivity index (χ3v) is 4.67. The fourth-order valence-electron chi connectivity index (χ4n) is 2.61. The highest BCUT2D eigenvalue weighted by atomic mass is 79.9. The quantitative estimate of drug-likeness (QED) is 0.677. The number of benzene rings is 1. The minimum Gasteiger partial charge on any atom is -0.478 e. The lowest BCUT2D eigenvalue weighted by molar-refractivity contribution is -0.133. The maximum absolute atomic E-state index is 14.1. The van der Waals surface area contributed by atoms with Gasteiger partial charge >= 0.3 is 5.97 Å². The first-order valence-corrected chi connectivity index (χ1v) is 8.95. The largest absolute Gasteiger partial charge is 0.478 e. The predicted octanol–water partition coefficient (Wildman–Crippen LogP) is 3.98. The van der Waals surface area contributed by atoms with Crippen molar-refractivity contribution in [2.45, 2.75) is 6.04 Å². The van der Waals surface area contributed by atoms with Crippen molar-refractivity contribution in [1.82, 2.24) is 10.3 Å². The number of aromatic nitrogens is 1. The van der Waals surface area contributed by atoms with Gasteiger partial charge in [-0.2, -0.15) is 0 Å². The van der Waals surface area contributed by atoms with Crippen molar-refractivity contribution in [2.75, 3.05) is 5.33 Å². The highest BCUT2D eigenvalue weighted by Gasteiger charge is 2.33. The van der Waals surface area contributed by atoms with Gasteiger partial charge in [0, 0.05) is 27.7 Å². The second kappa shape index (κ2) is 7.69. The number of alkyl halides is 1. The summed E-state index contributed by atoms with van der Waals surface area (Å²) < 4.78 is 40.7. The number of nitrogens with one attached hydrogen (secondary N) is 1. The number of aliphatic carboxylic acids is 1. The van der Waals surface area contributed by atoms with Gasteiger partial charge in [-0.3, -0.25) is 4.99 Å². The summed E-state index contributed by atoms with van der Waals surface area (Å²) in [6, 6.07) is 2.93. The van der Waals surface area contributed by atoms with Crippen LogP contribution in [-0.4, -0.2) is 27.2 Å². The summed E-state index contributed by atoms with van der Waals surface area (Å²) in [7, 11) is 0. The standard InChI is InChI=1S/C17H10BrClF3N3O2/c18-5-12-13(17(26)27)14(9-2-1-7(20)3-10(9)19)25-16(24-12)15-11(22)4-8(21)6-23-15/h1-4,6,14H,5H2,(H,24,25)(H,26,27)/t14-/m0/s1. The maximum atomic E-state index is 14.1. The first-order chi connectivity index (χ1) is 12.8. The molecule has 1 aromatic carbocycles. The number of nitrogens with zero attached hydrogens (tertiary/aromatic N) is 2. The van der Waals surface area contributed by atoms with Crippen LogP contribution in [0.25, 0.3) is 0 Å². The lowest BCUT2D eigenvalue weighted by atomic mass is 9.95. The molecule has 27 heavy (non-hydrogen) atoms. The van der Waals surface area contributed by atoms with Crippen molar-refractivity contribution in [3.63, 3.8) is 0 Å². The molecule has 0 unspecified atom stereocenters. The summed E-state index contributed by atoms with van der Waals surface area (Å²) in [5.41, 5.74) is -0.0342. The number of aliphatic imine (C=N–C) groups is 1. The summed E-state index contributed by atoms with van der Waals surface area (Å²) in [5.74, 6) is -3.82. The van der Waals surface area contributed by atoms with Gasteiger partial charge in [0.15, 0.2) is 11.7 Å². The normalized spacial score (nSPS) is 16.8. The Kier molecular flexibility index (Phi) is 5.52. The number of amidine groups is 1. The Balaban J connectivity index is 2.20. The number of rotatable bonds is 4. The molecule has 0 saturated heterocycles. The monoisotopic (exact) mass is 459 g/mol. The second-order valence-corrected chi connectivity index (χ2v) is 6.45. The molecule has 0 fully saturated rings. The van der Waals surface area contributed by atoms with E-state index < -0.39 is 29.5 Å². The van der Waals surface area contributed by atoms with Gasteiger partial charge in [0.1, 0.15) is 23.4 Å². The van der Waals surface area contributed by atoms with Gasteiger partial charge in [-0.25, -0.2) is 22.9 Å². The van der Waals surface area contributed by atoms with Gasteiger partial charge < -0.3 is 10.4 Å². The van der Waals surface area contributed by atoms with Crippen molar-refractivity contribution < 1.29 is 23.1 Å². The van der Waals surface area contributed by atoms with Gasteiger partial charge in [0.25, 0.3) is 0 Å². The highest BCUT2D eigenvalue weighted by Crippen LogP contribution is 2.36. The Hall–Kier alpha value is -2.39. The molecule has 10 heteroatoms. The topological polar surface area (TPSA) is 74.6 Å². The Bertz CT molecular complexity index is 997. The van der Waals surface area contributed by atoms with Crippen LogP contribution in [0.5, 0.6) is 0 Å². The number of pyridine rings is 1. The zero-order valence-electron chi connectivity index (χ0n) is 13.3. The average molecular weight is 461 g/mol. The lowest BCUT2D eigenvalue weighted by Gasteiger charge is -2.26.